The number of hydrogen-bond acceptors (Lipinski definition) is 5. The number of nitrogens with one attached hydrogen (secondary N) is 1. The number of nitro benzene ring substituents is 1. The lowest BCUT2D eigenvalue weighted by molar-refractivity contribution is -0.385. The fourth-order valence-corrected chi connectivity index (χ4v) is 2.45. The topological polar surface area (TPSA) is 107 Å². The number of benzene rings is 1. The number of hydrogen-bond donors (Lipinski definition) is 2. The van der Waals surface area contributed by atoms with E-state index >= 15 is 0 Å². The summed E-state index contributed by atoms with van der Waals surface area (Å²) in [5.74, 6) is 0.179. The summed E-state index contributed by atoms with van der Waals surface area (Å²) < 4.78 is 5.21. The van der Waals surface area contributed by atoms with Crippen molar-refractivity contribution in [3.8, 4) is 5.75 Å². The second kappa shape index (κ2) is 7.61. The van der Waals surface area contributed by atoms with E-state index in [2.05, 4.69) is 5.32 Å². The van der Waals surface area contributed by atoms with Crippen LogP contribution in [0.4, 0.5) is 5.69 Å². The van der Waals surface area contributed by atoms with Crippen LogP contribution in [0.15, 0.2) is 18.2 Å². The van der Waals surface area contributed by atoms with Crippen LogP contribution in [-0.2, 0) is 0 Å². The molecule has 23 heavy (non-hydrogen) atoms. The lowest BCUT2D eigenvalue weighted by atomic mass is 9.95. The number of nitro groups is 1. The first-order valence-corrected chi connectivity index (χ1v) is 7.35. The van der Waals surface area contributed by atoms with Crippen molar-refractivity contribution in [1.82, 2.24) is 5.32 Å². The van der Waals surface area contributed by atoms with Gasteiger partial charge in [0, 0.05) is 18.2 Å². The van der Waals surface area contributed by atoms with Gasteiger partial charge in [-0.3, -0.25) is 14.9 Å². The molecule has 1 aliphatic rings. The van der Waals surface area contributed by atoms with Crippen LogP contribution in [0.25, 0.3) is 0 Å². The minimum atomic E-state index is -0.551. The SMILES string of the molecule is CCOc1ccc(C(=O)NC(C)(CN)C2CC2)cc1[N+](=O)[O-].Cl. The molecule has 1 aromatic carbocycles. The molecule has 1 unspecified atom stereocenters. The minimum Gasteiger partial charge on any atom is -0.487 e. The van der Waals surface area contributed by atoms with E-state index in [0.717, 1.165) is 12.8 Å². The van der Waals surface area contributed by atoms with Gasteiger partial charge in [0.1, 0.15) is 0 Å². The third-order valence-corrected chi connectivity index (χ3v) is 4.02. The van der Waals surface area contributed by atoms with Crippen LogP contribution in [-0.4, -0.2) is 29.5 Å². The van der Waals surface area contributed by atoms with Gasteiger partial charge in [0.05, 0.1) is 17.1 Å². The highest BCUT2D eigenvalue weighted by Crippen LogP contribution is 2.39. The van der Waals surface area contributed by atoms with E-state index in [1.807, 2.05) is 6.92 Å². The van der Waals surface area contributed by atoms with E-state index in [1.165, 1.54) is 18.2 Å². The number of rotatable bonds is 7. The first kappa shape index (κ1) is 19.2. The highest BCUT2D eigenvalue weighted by Gasteiger charge is 2.41. The largest absolute Gasteiger partial charge is 0.487 e. The Bertz CT molecular complexity index is 592. The van der Waals surface area contributed by atoms with Gasteiger partial charge in [-0.05, 0) is 44.7 Å². The molecule has 2 rings (SSSR count). The molecule has 0 heterocycles. The molecule has 1 aromatic rings. The predicted octanol–water partition coefficient (Wildman–Crippen LogP) is 2.27. The average Bonchev–Trinajstić information content (AvgIpc) is 3.32. The Morgan fingerprint density at radius 1 is 1.52 bits per heavy atom. The molecule has 0 spiro atoms. The third-order valence-electron chi connectivity index (χ3n) is 4.02. The van der Waals surface area contributed by atoms with Gasteiger partial charge in [-0.15, -0.1) is 12.4 Å². The van der Waals surface area contributed by atoms with E-state index in [0.29, 0.717) is 19.1 Å². The minimum absolute atomic E-state index is 0. The molecule has 8 heteroatoms. The lowest BCUT2D eigenvalue weighted by Crippen LogP contribution is -2.53. The molecule has 128 valence electrons. The van der Waals surface area contributed by atoms with Gasteiger partial charge >= 0.3 is 5.69 Å². The average molecular weight is 344 g/mol. The van der Waals surface area contributed by atoms with E-state index < -0.39 is 10.5 Å². The number of nitrogens with zero attached hydrogens (tertiary/aromatic N) is 1. The molecule has 1 saturated carbocycles. The first-order chi connectivity index (χ1) is 10.4. The number of nitrogens with two attached hydrogens (primary N) is 1. The molecule has 0 aromatic heterocycles. The summed E-state index contributed by atoms with van der Waals surface area (Å²) in [6.45, 7) is 4.31. The fraction of sp³-hybridized carbons (Fsp3) is 0.533. The summed E-state index contributed by atoms with van der Waals surface area (Å²) in [4.78, 5) is 22.9. The van der Waals surface area contributed by atoms with Crippen molar-refractivity contribution in [3.63, 3.8) is 0 Å². The standard InChI is InChI=1S/C15H21N3O4.ClH/c1-3-22-13-7-4-10(8-12(13)18(20)21)14(19)17-15(2,9-16)11-5-6-11;/h4,7-8,11H,3,5-6,9,16H2,1-2H3,(H,17,19);1H. The monoisotopic (exact) mass is 343 g/mol. The molecular weight excluding hydrogens is 322 g/mol. The molecule has 1 aliphatic carbocycles. The molecule has 1 fully saturated rings. The maximum absolute atomic E-state index is 12.4. The van der Waals surface area contributed by atoms with Crippen LogP contribution in [0.3, 0.4) is 0 Å². The van der Waals surface area contributed by atoms with Gasteiger partial charge < -0.3 is 15.8 Å². The third kappa shape index (κ3) is 4.33. The molecule has 3 N–H and O–H groups in total. The Morgan fingerprint density at radius 2 is 2.17 bits per heavy atom. The van der Waals surface area contributed by atoms with Crippen LogP contribution in [0.5, 0.6) is 5.75 Å². The zero-order chi connectivity index (χ0) is 16.3. The molecular formula is C15H22ClN3O4. The van der Waals surface area contributed by atoms with Gasteiger partial charge in [0.2, 0.25) is 0 Å². The van der Waals surface area contributed by atoms with Crippen LogP contribution < -0.4 is 15.8 Å². The second-order valence-corrected chi connectivity index (χ2v) is 5.72. The van der Waals surface area contributed by atoms with E-state index in [1.54, 1.807) is 6.92 Å². The van der Waals surface area contributed by atoms with Crippen LogP contribution >= 0.6 is 12.4 Å². The van der Waals surface area contributed by atoms with Gasteiger partial charge in [-0.1, -0.05) is 0 Å². The molecule has 0 radical (unpaired) electrons. The number of amides is 1. The number of carbonyl (C=O) groups excluding carboxylic acids is 1. The summed E-state index contributed by atoms with van der Waals surface area (Å²) >= 11 is 0. The second-order valence-electron chi connectivity index (χ2n) is 5.72. The normalized spacial score (nSPS) is 16.0. The zero-order valence-electron chi connectivity index (χ0n) is 13.2. The van der Waals surface area contributed by atoms with Crippen LogP contribution in [0, 0.1) is 16.0 Å². The Labute approximate surface area is 141 Å². The van der Waals surface area contributed by atoms with E-state index in [-0.39, 0.29) is 35.3 Å². The molecule has 1 atom stereocenters. The Hall–Kier alpha value is -1.86. The molecule has 0 saturated heterocycles. The Kier molecular flexibility index (Phi) is 6.35. The predicted molar refractivity (Wildman–Crippen MR) is 89.2 cm³/mol. The number of carbonyl (C=O) groups is 1. The van der Waals surface area contributed by atoms with Crippen molar-refractivity contribution in [2.75, 3.05) is 13.2 Å². The maximum atomic E-state index is 12.4. The fourth-order valence-electron chi connectivity index (χ4n) is 2.45. The summed E-state index contributed by atoms with van der Waals surface area (Å²) in [7, 11) is 0. The van der Waals surface area contributed by atoms with Crippen molar-refractivity contribution in [2.45, 2.75) is 32.2 Å². The molecule has 0 aliphatic heterocycles. The van der Waals surface area contributed by atoms with Crippen LogP contribution in [0.1, 0.15) is 37.0 Å². The van der Waals surface area contributed by atoms with Crippen molar-refractivity contribution in [3.05, 3.63) is 33.9 Å². The van der Waals surface area contributed by atoms with Crippen molar-refractivity contribution >= 4 is 24.0 Å². The molecule has 7 nitrogen and oxygen atoms in total. The maximum Gasteiger partial charge on any atom is 0.311 e. The van der Waals surface area contributed by atoms with Gasteiger partial charge in [-0.25, -0.2) is 0 Å². The summed E-state index contributed by atoms with van der Waals surface area (Å²) in [6.07, 6.45) is 2.08. The lowest BCUT2D eigenvalue weighted by Gasteiger charge is -2.29. The van der Waals surface area contributed by atoms with Crippen molar-refractivity contribution < 1.29 is 14.5 Å². The van der Waals surface area contributed by atoms with Gasteiger partial charge in [-0.2, -0.15) is 0 Å². The smallest absolute Gasteiger partial charge is 0.311 e. The molecule has 0 bridgehead atoms. The number of halogens is 1. The summed E-state index contributed by atoms with van der Waals surface area (Å²) in [5, 5.41) is 14.0. The summed E-state index contributed by atoms with van der Waals surface area (Å²) in [5.41, 5.74) is 5.32. The first-order valence-electron chi connectivity index (χ1n) is 7.35. The van der Waals surface area contributed by atoms with Crippen LogP contribution in [0.2, 0.25) is 0 Å². The number of ether oxygens (including phenoxy) is 1. The van der Waals surface area contributed by atoms with Crippen molar-refractivity contribution in [1.29, 1.82) is 0 Å². The Morgan fingerprint density at radius 3 is 2.65 bits per heavy atom. The highest BCUT2D eigenvalue weighted by molar-refractivity contribution is 5.95. The summed E-state index contributed by atoms with van der Waals surface area (Å²) in [6, 6.07) is 4.22. The van der Waals surface area contributed by atoms with Crippen molar-refractivity contribution in [2.24, 2.45) is 11.7 Å². The van der Waals surface area contributed by atoms with Gasteiger partial charge in [0.15, 0.2) is 5.75 Å². The Balaban J connectivity index is 0.00000264. The van der Waals surface area contributed by atoms with E-state index in [9.17, 15) is 14.9 Å². The molecule has 1 amide bonds. The highest BCUT2D eigenvalue weighted by atomic mass is 35.5. The van der Waals surface area contributed by atoms with Gasteiger partial charge in [0.25, 0.3) is 5.91 Å². The van der Waals surface area contributed by atoms with E-state index in [4.69, 9.17) is 10.5 Å². The zero-order valence-corrected chi connectivity index (χ0v) is 14.0. The quantitative estimate of drug-likeness (QED) is 0.583.